The highest BCUT2D eigenvalue weighted by Gasteiger charge is 2.34. The molecular formula is C17H22ClNO4. The van der Waals surface area contributed by atoms with Gasteiger partial charge in [0.25, 0.3) is 0 Å². The van der Waals surface area contributed by atoms with Crippen molar-refractivity contribution in [1.82, 2.24) is 4.90 Å². The van der Waals surface area contributed by atoms with E-state index in [1.165, 1.54) is 4.90 Å². The Morgan fingerprint density at radius 3 is 2.78 bits per heavy atom. The molecule has 2 atom stereocenters. The molecule has 23 heavy (non-hydrogen) atoms. The maximum absolute atomic E-state index is 12.4. The number of nitrogens with zero attached hydrogens (tertiary/aromatic N) is 1. The number of aliphatic carboxylic acids is 1. The monoisotopic (exact) mass is 339 g/mol. The lowest BCUT2D eigenvalue weighted by molar-refractivity contribution is -0.153. The van der Waals surface area contributed by atoms with Crippen molar-refractivity contribution in [1.29, 1.82) is 0 Å². The number of carboxylic acid groups (broad SMARTS) is 1. The zero-order valence-corrected chi connectivity index (χ0v) is 14.2. The molecule has 1 saturated heterocycles. The van der Waals surface area contributed by atoms with Gasteiger partial charge in [-0.15, -0.1) is 0 Å². The minimum absolute atomic E-state index is 0.115. The number of carboxylic acids is 1. The number of piperidine rings is 1. The van der Waals surface area contributed by atoms with E-state index in [1.54, 1.807) is 19.2 Å². The summed E-state index contributed by atoms with van der Waals surface area (Å²) in [4.78, 5) is 25.3. The van der Waals surface area contributed by atoms with Crippen molar-refractivity contribution in [3.05, 3.63) is 28.8 Å². The fourth-order valence-electron chi connectivity index (χ4n) is 2.93. The number of hydrogen-bond donors (Lipinski definition) is 1. The van der Waals surface area contributed by atoms with E-state index in [0.717, 1.165) is 12.0 Å². The molecule has 1 aromatic carbocycles. The highest BCUT2D eigenvalue weighted by atomic mass is 35.5. The van der Waals surface area contributed by atoms with Crippen LogP contribution >= 0.6 is 11.6 Å². The first-order valence-corrected chi connectivity index (χ1v) is 8.15. The summed E-state index contributed by atoms with van der Waals surface area (Å²) in [5.74, 6) is -0.105. The molecule has 0 radical (unpaired) electrons. The number of ether oxygens (including phenoxy) is 1. The van der Waals surface area contributed by atoms with Crippen molar-refractivity contribution >= 4 is 23.5 Å². The van der Waals surface area contributed by atoms with Crippen LogP contribution in [0.2, 0.25) is 5.02 Å². The Morgan fingerprint density at radius 2 is 2.17 bits per heavy atom. The highest BCUT2D eigenvalue weighted by Crippen LogP contribution is 2.26. The predicted octanol–water partition coefficient (Wildman–Crippen LogP) is 2.99. The number of benzene rings is 1. The first-order chi connectivity index (χ1) is 10.9. The molecule has 1 aliphatic heterocycles. The second-order valence-corrected chi connectivity index (χ2v) is 6.45. The molecule has 126 valence electrons. The van der Waals surface area contributed by atoms with E-state index in [1.807, 2.05) is 13.0 Å². The van der Waals surface area contributed by atoms with E-state index in [0.29, 0.717) is 36.1 Å². The van der Waals surface area contributed by atoms with Crippen LogP contribution in [0.4, 0.5) is 0 Å². The third-order valence-electron chi connectivity index (χ3n) is 4.31. The Bertz CT molecular complexity index is 590. The van der Waals surface area contributed by atoms with E-state index in [4.69, 9.17) is 16.3 Å². The summed E-state index contributed by atoms with van der Waals surface area (Å²) in [6.07, 6.45) is 2.18. The van der Waals surface area contributed by atoms with Gasteiger partial charge >= 0.3 is 5.97 Å². The smallest absolute Gasteiger partial charge is 0.326 e. The minimum Gasteiger partial charge on any atom is -0.495 e. The van der Waals surface area contributed by atoms with Crippen molar-refractivity contribution in [3.8, 4) is 5.75 Å². The number of aryl methyl sites for hydroxylation is 1. The van der Waals surface area contributed by atoms with E-state index in [-0.39, 0.29) is 12.3 Å². The Labute approximate surface area is 141 Å². The van der Waals surface area contributed by atoms with Crippen LogP contribution in [-0.4, -0.2) is 41.6 Å². The molecule has 1 N–H and O–H groups in total. The average molecular weight is 340 g/mol. The second kappa shape index (κ2) is 7.68. The van der Waals surface area contributed by atoms with Gasteiger partial charge in [-0.25, -0.2) is 4.79 Å². The quantitative estimate of drug-likeness (QED) is 0.895. The maximum Gasteiger partial charge on any atom is 0.326 e. The summed E-state index contributed by atoms with van der Waals surface area (Å²) < 4.78 is 5.10. The number of likely N-dealkylation sites (tertiary alicyclic amines) is 1. The molecule has 1 fully saturated rings. The Kier molecular flexibility index (Phi) is 5.88. The van der Waals surface area contributed by atoms with Crippen molar-refractivity contribution in [2.75, 3.05) is 13.7 Å². The first-order valence-electron chi connectivity index (χ1n) is 7.77. The zero-order valence-electron chi connectivity index (χ0n) is 13.4. The molecule has 1 aliphatic rings. The van der Waals surface area contributed by atoms with Gasteiger partial charge in [0, 0.05) is 13.0 Å². The van der Waals surface area contributed by atoms with Crippen molar-refractivity contribution in [2.24, 2.45) is 5.92 Å². The second-order valence-electron chi connectivity index (χ2n) is 6.04. The van der Waals surface area contributed by atoms with Gasteiger partial charge in [0.15, 0.2) is 0 Å². The van der Waals surface area contributed by atoms with Gasteiger partial charge in [-0.3, -0.25) is 4.79 Å². The van der Waals surface area contributed by atoms with E-state index in [9.17, 15) is 14.7 Å². The third kappa shape index (κ3) is 4.38. The average Bonchev–Trinajstić information content (AvgIpc) is 2.52. The molecule has 2 rings (SSSR count). The lowest BCUT2D eigenvalue weighted by Crippen LogP contribution is -2.49. The molecular weight excluding hydrogens is 318 g/mol. The van der Waals surface area contributed by atoms with Crippen LogP contribution < -0.4 is 4.74 Å². The third-order valence-corrected chi connectivity index (χ3v) is 4.61. The standard InChI is InChI=1S/C17H22ClNO4/c1-11-7-8-19(14(9-11)17(21)22)16(20)6-4-12-3-5-15(23-2)13(18)10-12/h3,5,10-11,14H,4,6-9H2,1-2H3,(H,21,22). The molecule has 0 bridgehead atoms. The van der Waals surface area contributed by atoms with Crippen LogP contribution in [0.5, 0.6) is 5.75 Å². The van der Waals surface area contributed by atoms with Gasteiger partial charge in [-0.1, -0.05) is 24.6 Å². The number of methoxy groups -OCH3 is 1. The summed E-state index contributed by atoms with van der Waals surface area (Å²) >= 11 is 6.08. The van der Waals surface area contributed by atoms with Crippen LogP contribution in [0, 0.1) is 5.92 Å². The van der Waals surface area contributed by atoms with Crippen LogP contribution in [0.3, 0.4) is 0 Å². The SMILES string of the molecule is COc1ccc(CCC(=O)N2CCC(C)CC2C(=O)O)cc1Cl. The lowest BCUT2D eigenvalue weighted by Gasteiger charge is -2.36. The molecule has 1 aromatic rings. The van der Waals surface area contributed by atoms with Gasteiger partial charge in [0.2, 0.25) is 5.91 Å². The lowest BCUT2D eigenvalue weighted by atomic mass is 9.92. The minimum atomic E-state index is -0.919. The summed E-state index contributed by atoms with van der Waals surface area (Å²) in [5.41, 5.74) is 0.932. The first kappa shape index (κ1) is 17.6. The Balaban J connectivity index is 1.98. The van der Waals surface area contributed by atoms with Crippen molar-refractivity contribution in [3.63, 3.8) is 0 Å². The summed E-state index contributed by atoms with van der Waals surface area (Å²) in [7, 11) is 1.55. The Hall–Kier alpha value is -1.75. The fourth-order valence-corrected chi connectivity index (χ4v) is 3.21. The summed E-state index contributed by atoms with van der Waals surface area (Å²) in [6, 6.07) is 4.71. The van der Waals surface area contributed by atoms with E-state index < -0.39 is 12.0 Å². The number of halogens is 1. The molecule has 0 aromatic heterocycles. The van der Waals surface area contributed by atoms with Crippen molar-refractivity contribution < 1.29 is 19.4 Å². The van der Waals surface area contributed by atoms with Crippen molar-refractivity contribution in [2.45, 2.75) is 38.6 Å². The van der Waals surface area contributed by atoms with Gasteiger partial charge in [0.05, 0.1) is 12.1 Å². The number of carbonyl (C=O) groups excluding carboxylic acids is 1. The molecule has 1 amide bonds. The van der Waals surface area contributed by atoms with Gasteiger partial charge in [-0.2, -0.15) is 0 Å². The molecule has 0 spiro atoms. The topological polar surface area (TPSA) is 66.8 Å². The number of amides is 1. The number of rotatable bonds is 5. The van der Waals surface area contributed by atoms with Gasteiger partial charge < -0.3 is 14.7 Å². The summed E-state index contributed by atoms with van der Waals surface area (Å²) in [5, 5.41) is 9.84. The fraction of sp³-hybridized carbons (Fsp3) is 0.529. The highest BCUT2D eigenvalue weighted by molar-refractivity contribution is 6.32. The molecule has 0 aliphatic carbocycles. The zero-order chi connectivity index (χ0) is 17.0. The maximum atomic E-state index is 12.4. The molecule has 2 unspecified atom stereocenters. The predicted molar refractivity (Wildman–Crippen MR) is 87.9 cm³/mol. The van der Waals surface area contributed by atoms with Crippen LogP contribution in [0.1, 0.15) is 31.7 Å². The molecule has 5 nitrogen and oxygen atoms in total. The van der Waals surface area contributed by atoms with Crippen LogP contribution in [0.25, 0.3) is 0 Å². The summed E-state index contributed by atoms with van der Waals surface area (Å²) in [6.45, 7) is 2.54. The van der Waals surface area contributed by atoms with Gasteiger partial charge in [0.1, 0.15) is 11.8 Å². The van der Waals surface area contributed by atoms with Crippen LogP contribution in [0.15, 0.2) is 18.2 Å². The van der Waals surface area contributed by atoms with Crippen LogP contribution in [-0.2, 0) is 16.0 Å². The normalized spacial score (nSPS) is 21.1. The Morgan fingerprint density at radius 1 is 1.43 bits per heavy atom. The largest absolute Gasteiger partial charge is 0.495 e. The molecule has 1 heterocycles. The number of hydrogen-bond acceptors (Lipinski definition) is 3. The van der Waals surface area contributed by atoms with Gasteiger partial charge in [-0.05, 0) is 42.9 Å². The molecule has 6 heteroatoms. The van der Waals surface area contributed by atoms with E-state index in [2.05, 4.69) is 0 Å². The van der Waals surface area contributed by atoms with E-state index >= 15 is 0 Å². The molecule has 0 saturated carbocycles. The number of carbonyl (C=O) groups is 2.